The maximum Gasteiger partial charge on any atom is 0.0995 e. The Bertz CT molecular complexity index is 346. The topological polar surface area (TPSA) is 35.8 Å². The van der Waals surface area contributed by atoms with Crippen LogP contribution in [0, 0.1) is 11.3 Å². The van der Waals surface area contributed by atoms with E-state index in [0.717, 1.165) is 24.1 Å². The predicted octanol–water partition coefficient (Wildman–Crippen LogP) is 2.37. The number of nitrogens with zero attached hydrogens (tertiary/aromatic N) is 1. The van der Waals surface area contributed by atoms with Crippen LogP contribution in [0.2, 0.25) is 0 Å². The number of hydrogen-bond donors (Lipinski definition) is 1. The summed E-state index contributed by atoms with van der Waals surface area (Å²) in [7, 11) is 0. The van der Waals surface area contributed by atoms with Gasteiger partial charge in [-0.25, -0.2) is 0 Å². The molecule has 2 heteroatoms. The van der Waals surface area contributed by atoms with Crippen molar-refractivity contribution in [3.8, 4) is 6.07 Å². The smallest absolute Gasteiger partial charge is 0.0995 e. The van der Waals surface area contributed by atoms with Crippen molar-refractivity contribution in [2.24, 2.45) is 0 Å². The zero-order valence-corrected chi connectivity index (χ0v) is 8.16. The lowest BCUT2D eigenvalue weighted by atomic mass is 9.94. The first kappa shape index (κ1) is 9.23. The van der Waals surface area contributed by atoms with Gasteiger partial charge in [-0.05, 0) is 31.0 Å². The van der Waals surface area contributed by atoms with Crippen molar-refractivity contribution in [2.45, 2.75) is 25.3 Å². The SMILES string of the molecule is N#Cc1ccccc1[C@H]1CCCCN1. The Hall–Kier alpha value is -1.33. The van der Waals surface area contributed by atoms with Gasteiger partial charge in [0.2, 0.25) is 0 Å². The van der Waals surface area contributed by atoms with Crippen LogP contribution >= 0.6 is 0 Å². The van der Waals surface area contributed by atoms with Crippen LogP contribution in [0.25, 0.3) is 0 Å². The number of piperidine rings is 1. The third kappa shape index (κ3) is 1.78. The summed E-state index contributed by atoms with van der Waals surface area (Å²) in [5, 5.41) is 12.4. The number of rotatable bonds is 1. The molecule has 1 heterocycles. The van der Waals surface area contributed by atoms with Gasteiger partial charge in [-0.2, -0.15) is 5.26 Å². The van der Waals surface area contributed by atoms with Gasteiger partial charge in [-0.1, -0.05) is 24.6 Å². The molecule has 1 aromatic carbocycles. The number of nitrogens with one attached hydrogen (secondary N) is 1. The Labute approximate surface area is 84.6 Å². The average Bonchev–Trinajstić information content (AvgIpc) is 2.30. The molecule has 1 aliphatic heterocycles. The molecule has 72 valence electrons. The van der Waals surface area contributed by atoms with Gasteiger partial charge in [0, 0.05) is 6.04 Å². The Balaban J connectivity index is 2.26. The van der Waals surface area contributed by atoms with E-state index in [9.17, 15) is 0 Å². The highest BCUT2D eigenvalue weighted by Gasteiger charge is 2.16. The summed E-state index contributed by atoms with van der Waals surface area (Å²) in [6.45, 7) is 1.07. The second-order valence-electron chi connectivity index (χ2n) is 3.70. The molecule has 1 aromatic rings. The summed E-state index contributed by atoms with van der Waals surface area (Å²) >= 11 is 0. The van der Waals surface area contributed by atoms with Gasteiger partial charge in [0.1, 0.15) is 0 Å². The minimum Gasteiger partial charge on any atom is -0.310 e. The Morgan fingerprint density at radius 3 is 2.86 bits per heavy atom. The molecule has 0 saturated carbocycles. The molecule has 0 spiro atoms. The van der Waals surface area contributed by atoms with Crippen LogP contribution in [0.15, 0.2) is 24.3 Å². The summed E-state index contributed by atoms with van der Waals surface area (Å²) in [5.74, 6) is 0. The minimum absolute atomic E-state index is 0.389. The van der Waals surface area contributed by atoms with Crippen LogP contribution in [0.1, 0.15) is 36.4 Å². The molecule has 0 aromatic heterocycles. The summed E-state index contributed by atoms with van der Waals surface area (Å²) in [6, 6.07) is 10.5. The molecular formula is C12H14N2. The van der Waals surface area contributed by atoms with Crippen molar-refractivity contribution in [1.29, 1.82) is 5.26 Å². The molecule has 1 fully saturated rings. The molecule has 1 atom stereocenters. The van der Waals surface area contributed by atoms with Gasteiger partial charge in [0.25, 0.3) is 0 Å². The Morgan fingerprint density at radius 2 is 2.14 bits per heavy atom. The van der Waals surface area contributed by atoms with Gasteiger partial charge in [-0.3, -0.25) is 0 Å². The largest absolute Gasteiger partial charge is 0.310 e. The first-order valence-electron chi connectivity index (χ1n) is 5.14. The van der Waals surface area contributed by atoms with Crippen molar-refractivity contribution in [3.63, 3.8) is 0 Å². The standard InChI is InChI=1S/C12H14N2/c13-9-10-5-1-2-6-11(10)12-7-3-4-8-14-12/h1-2,5-6,12,14H,3-4,7-8H2/t12-/m1/s1. The molecule has 1 aliphatic rings. The van der Waals surface area contributed by atoms with Crippen LogP contribution in [-0.4, -0.2) is 6.54 Å². The van der Waals surface area contributed by atoms with E-state index in [1.807, 2.05) is 18.2 Å². The summed E-state index contributed by atoms with van der Waals surface area (Å²) in [5.41, 5.74) is 1.97. The zero-order chi connectivity index (χ0) is 9.80. The highest BCUT2D eigenvalue weighted by atomic mass is 14.9. The van der Waals surface area contributed by atoms with Crippen molar-refractivity contribution >= 4 is 0 Å². The van der Waals surface area contributed by atoms with E-state index in [0.29, 0.717) is 6.04 Å². The molecule has 0 aliphatic carbocycles. The lowest BCUT2D eigenvalue weighted by Crippen LogP contribution is -2.27. The molecule has 2 nitrogen and oxygen atoms in total. The average molecular weight is 186 g/mol. The first-order chi connectivity index (χ1) is 6.92. The number of hydrogen-bond acceptors (Lipinski definition) is 2. The van der Waals surface area contributed by atoms with Crippen LogP contribution < -0.4 is 5.32 Å². The number of nitriles is 1. The van der Waals surface area contributed by atoms with Gasteiger partial charge < -0.3 is 5.32 Å². The highest BCUT2D eigenvalue weighted by molar-refractivity contribution is 5.39. The Kier molecular flexibility index (Phi) is 2.81. The van der Waals surface area contributed by atoms with Crippen molar-refractivity contribution in [3.05, 3.63) is 35.4 Å². The fraction of sp³-hybridized carbons (Fsp3) is 0.417. The van der Waals surface area contributed by atoms with Gasteiger partial charge >= 0.3 is 0 Å². The lowest BCUT2D eigenvalue weighted by Gasteiger charge is -2.24. The normalized spacial score (nSPS) is 21.5. The van der Waals surface area contributed by atoms with Crippen molar-refractivity contribution in [2.75, 3.05) is 6.54 Å². The third-order valence-corrected chi connectivity index (χ3v) is 2.77. The van der Waals surface area contributed by atoms with E-state index in [-0.39, 0.29) is 0 Å². The van der Waals surface area contributed by atoms with Gasteiger partial charge in [-0.15, -0.1) is 0 Å². The van der Waals surface area contributed by atoms with Gasteiger partial charge in [0.05, 0.1) is 11.6 Å². The monoisotopic (exact) mass is 186 g/mol. The fourth-order valence-electron chi connectivity index (χ4n) is 2.02. The van der Waals surface area contributed by atoms with Crippen molar-refractivity contribution < 1.29 is 0 Å². The van der Waals surface area contributed by atoms with Crippen LogP contribution in [-0.2, 0) is 0 Å². The molecule has 1 saturated heterocycles. The fourth-order valence-corrected chi connectivity index (χ4v) is 2.02. The highest BCUT2D eigenvalue weighted by Crippen LogP contribution is 2.25. The number of benzene rings is 1. The predicted molar refractivity (Wildman–Crippen MR) is 55.8 cm³/mol. The molecule has 1 N–H and O–H groups in total. The molecular weight excluding hydrogens is 172 g/mol. The molecule has 0 amide bonds. The summed E-state index contributed by atoms with van der Waals surface area (Å²) in [6.07, 6.45) is 3.67. The van der Waals surface area contributed by atoms with Crippen LogP contribution in [0.4, 0.5) is 0 Å². The van der Waals surface area contributed by atoms with Crippen LogP contribution in [0.5, 0.6) is 0 Å². The lowest BCUT2D eigenvalue weighted by molar-refractivity contribution is 0.412. The molecule has 2 rings (SSSR count). The van der Waals surface area contributed by atoms with E-state index in [2.05, 4.69) is 17.5 Å². The van der Waals surface area contributed by atoms with Crippen molar-refractivity contribution in [1.82, 2.24) is 5.32 Å². The second kappa shape index (κ2) is 4.26. The third-order valence-electron chi connectivity index (χ3n) is 2.77. The molecule has 14 heavy (non-hydrogen) atoms. The maximum absolute atomic E-state index is 8.97. The maximum atomic E-state index is 8.97. The van der Waals surface area contributed by atoms with Gasteiger partial charge in [0.15, 0.2) is 0 Å². The molecule has 0 unspecified atom stereocenters. The van der Waals surface area contributed by atoms with E-state index in [1.165, 1.54) is 12.8 Å². The quantitative estimate of drug-likeness (QED) is 0.731. The summed E-state index contributed by atoms with van der Waals surface area (Å²) < 4.78 is 0. The minimum atomic E-state index is 0.389. The van der Waals surface area contributed by atoms with E-state index in [1.54, 1.807) is 0 Å². The van der Waals surface area contributed by atoms with Crippen LogP contribution in [0.3, 0.4) is 0 Å². The Morgan fingerprint density at radius 1 is 1.29 bits per heavy atom. The molecule has 0 radical (unpaired) electrons. The second-order valence-corrected chi connectivity index (χ2v) is 3.70. The van der Waals surface area contributed by atoms with E-state index < -0.39 is 0 Å². The first-order valence-corrected chi connectivity index (χ1v) is 5.14. The molecule has 0 bridgehead atoms. The summed E-state index contributed by atoms with van der Waals surface area (Å²) in [4.78, 5) is 0. The zero-order valence-electron chi connectivity index (χ0n) is 8.16. The van der Waals surface area contributed by atoms with E-state index >= 15 is 0 Å². The van der Waals surface area contributed by atoms with E-state index in [4.69, 9.17) is 5.26 Å².